The quantitative estimate of drug-likeness (QED) is 0.449. The second-order valence-electron chi connectivity index (χ2n) is 6.26. The molecule has 0 aliphatic rings. The van der Waals surface area contributed by atoms with Crippen LogP contribution in [-0.2, 0) is 0 Å². The lowest BCUT2D eigenvalue weighted by molar-refractivity contribution is -0.383. The van der Waals surface area contributed by atoms with Gasteiger partial charge in [0.05, 0.1) is 4.92 Å². The maximum atomic E-state index is 11.7. The van der Waals surface area contributed by atoms with E-state index in [2.05, 4.69) is 20.6 Å². The summed E-state index contributed by atoms with van der Waals surface area (Å²) in [6.07, 6.45) is 1.28. The summed E-state index contributed by atoms with van der Waals surface area (Å²) in [6, 6.07) is 11.0. The van der Waals surface area contributed by atoms with Crippen LogP contribution in [0.15, 0.2) is 42.7 Å². The molecule has 7 nitrogen and oxygen atoms in total. The van der Waals surface area contributed by atoms with Gasteiger partial charge in [0, 0.05) is 16.4 Å². The van der Waals surface area contributed by atoms with Crippen LogP contribution in [0.2, 0.25) is 5.02 Å². The topological polar surface area (TPSA) is 93.0 Å². The Morgan fingerprint density at radius 3 is 2.19 bits per heavy atom. The largest absolute Gasteiger partial charge is 0.353 e. The standard InChI is InChI=1S/C19H18ClN5O2/c1-11-6-12(2)8-15(7-11)23-18-17(25(26)27)19(22-10-21-18)24-16-5-4-14(20)9-13(16)3/h4-10H,1-3H3,(H2,21,22,23,24). The highest BCUT2D eigenvalue weighted by Crippen LogP contribution is 2.34. The predicted octanol–water partition coefficient (Wildman–Crippen LogP) is 5.45. The van der Waals surface area contributed by atoms with Crippen molar-refractivity contribution in [2.45, 2.75) is 20.8 Å². The van der Waals surface area contributed by atoms with Crippen molar-refractivity contribution in [1.29, 1.82) is 0 Å². The van der Waals surface area contributed by atoms with Gasteiger partial charge in [0.25, 0.3) is 0 Å². The fourth-order valence-corrected chi connectivity index (χ4v) is 3.04. The molecule has 0 saturated carbocycles. The van der Waals surface area contributed by atoms with E-state index >= 15 is 0 Å². The zero-order valence-electron chi connectivity index (χ0n) is 15.1. The second kappa shape index (κ2) is 7.59. The first kappa shape index (κ1) is 18.6. The number of rotatable bonds is 5. The van der Waals surface area contributed by atoms with Gasteiger partial charge in [-0.25, -0.2) is 9.97 Å². The van der Waals surface area contributed by atoms with E-state index in [4.69, 9.17) is 11.6 Å². The average Bonchev–Trinajstić information content (AvgIpc) is 2.56. The smallest absolute Gasteiger partial charge is 0.334 e. The van der Waals surface area contributed by atoms with Gasteiger partial charge in [-0.15, -0.1) is 0 Å². The molecular formula is C19H18ClN5O2. The van der Waals surface area contributed by atoms with Gasteiger partial charge < -0.3 is 10.6 Å². The van der Waals surface area contributed by atoms with Crippen LogP contribution >= 0.6 is 11.6 Å². The van der Waals surface area contributed by atoms with Gasteiger partial charge in [0.15, 0.2) is 0 Å². The van der Waals surface area contributed by atoms with E-state index in [1.165, 1.54) is 6.33 Å². The minimum absolute atomic E-state index is 0.104. The van der Waals surface area contributed by atoms with Gasteiger partial charge in [0.2, 0.25) is 11.6 Å². The minimum atomic E-state index is -0.501. The summed E-state index contributed by atoms with van der Waals surface area (Å²) in [7, 11) is 0. The number of nitrogens with one attached hydrogen (secondary N) is 2. The van der Waals surface area contributed by atoms with Gasteiger partial charge in [-0.1, -0.05) is 17.7 Å². The van der Waals surface area contributed by atoms with Crippen molar-refractivity contribution in [3.05, 3.63) is 74.6 Å². The van der Waals surface area contributed by atoms with Crippen molar-refractivity contribution < 1.29 is 4.92 Å². The number of benzene rings is 2. The lowest BCUT2D eigenvalue weighted by Gasteiger charge is -2.12. The van der Waals surface area contributed by atoms with Gasteiger partial charge in [-0.05, 0) is 67.8 Å². The van der Waals surface area contributed by atoms with Crippen molar-refractivity contribution >= 4 is 40.3 Å². The van der Waals surface area contributed by atoms with Crippen LogP contribution in [0.4, 0.5) is 28.7 Å². The first-order valence-electron chi connectivity index (χ1n) is 8.21. The number of nitrogens with zero attached hydrogens (tertiary/aromatic N) is 3. The molecule has 0 amide bonds. The Kier molecular flexibility index (Phi) is 5.23. The molecule has 0 bridgehead atoms. The highest BCUT2D eigenvalue weighted by Gasteiger charge is 2.23. The third-order valence-electron chi connectivity index (χ3n) is 3.93. The molecule has 1 aromatic heterocycles. The number of aromatic nitrogens is 2. The zero-order chi connectivity index (χ0) is 19.6. The van der Waals surface area contributed by atoms with Crippen molar-refractivity contribution in [3.63, 3.8) is 0 Å². The van der Waals surface area contributed by atoms with E-state index in [0.29, 0.717) is 10.7 Å². The number of hydrogen-bond donors (Lipinski definition) is 2. The second-order valence-corrected chi connectivity index (χ2v) is 6.70. The van der Waals surface area contributed by atoms with E-state index in [9.17, 15) is 10.1 Å². The van der Waals surface area contributed by atoms with E-state index in [1.807, 2.05) is 39.0 Å². The van der Waals surface area contributed by atoms with Crippen LogP contribution < -0.4 is 10.6 Å². The molecule has 0 unspecified atom stereocenters. The summed E-state index contributed by atoms with van der Waals surface area (Å²) in [5.74, 6) is 0.224. The third kappa shape index (κ3) is 4.32. The normalized spacial score (nSPS) is 10.5. The average molecular weight is 384 g/mol. The fourth-order valence-electron chi connectivity index (χ4n) is 2.81. The summed E-state index contributed by atoms with van der Waals surface area (Å²) < 4.78 is 0. The molecule has 3 aromatic rings. The SMILES string of the molecule is Cc1cc(C)cc(Nc2ncnc(Nc3ccc(Cl)cc3C)c2[N+](=O)[O-])c1. The summed E-state index contributed by atoms with van der Waals surface area (Å²) >= 11 is 5.97. The molecule has 3 rings (SSSR count). The minimum Gasteiger partial charge on any atom is -0.334 e. The maximum absolute atomic E-state index is 11.7. The summed E-state index contributed by atoms with van der Waals surface area (Å²) in [5, 5.41) is 18.3. The van der Waals surface area contributed by atoms with Crippen molar-refractivity contribution in [2.75, 3.05) is 10.6 Å². The molecule has 0 aliphatic carbocycles. The molecule has 27 heavy (non-hydrogen) atoms. The lowest BCUT2D eigenvalue weighted by atomic mass is 10.1. The van der Waals surface area contributed by atoms with E-state index in [0.717, 1.165) is 22.4 Å². The third-order valence-corrected chi connectivity index (χ3v) is 4.17. The number of halogens is 1. The van der Waals surface area contributed by atoms with E-state index in [1.54, 1.807) is 18.2 Å². The molecule has 1 heterocycles. The van der Waals surface area contributed by atoms with Gasteiger partial charge >= 0.3 is 5.69 Å². The Morgan fingerprint density at radius 2 is 1.59 bits per heavy atom. The van der Waals surface area contributed by atoms with Crippen LogP contribution in [-0.4, -0.2) is 14.9 Å². The number of aryl methyl sites for hydroxylation is 3. The molecule has 0 radical (unpaired) electrons. The Labute approximate surface area is 161 Å². The summed E-state index contributed by atoms with van der Waals surface area (Å²) in [5.41, 5.74) is 4.11. The summed E-state index contributed by atoms with van der Waals surface area (Å²) in [6.45, 7) is 5.78. The Bertz CT molecular complexity index is 1000. The van der Waals surface area contributed by atoms with Crippen LogP contribution in [0, 0.1) is 30.9 Å². The Hall–Kier alpha value is -3.19. The van der Waals surface area contributed by atoms with E-state index in [-0.39, 0.29) is 17.3 Å². The molecule has 0 spiro atoms. The molecule has 2 aromatic carbocycles. The van der Waals surface area contributed by atoms with Crippen LogP contribution in [0.5, 0.6) is 0 Å². The summed E-state index contributed by atoms with van der Waals surface area (Å²) in [4.78, 5) is 19.3. The van der Waals surface area contributed by atoms with Crippen LogP contribution in [0.3, 0.4) is 0 Å². The first-order chi connectivity index (χ1) is 12.8. The highest BCUT2D eigenvalue weighted by molar-refractivity contribution is 6.30. The zero-order valence-corrected chi connectivity index (χ0v) is 15.8. The van der Waals surface area contributed by atoms with E-state index < -0.39 is 4.92 Å². The van der Waals surface area contributed by atoms with Crippen LogP contribution in [0.1, 0.15) is 16.7 Å². The number of anilines is 4. The predicted molar refractivity (Wildman–Crippen MR) is 107 cm³/mol. The monoisotopic (exact) mass is 383 g/mol. The van der Waals surface area contributed by atoms with Crippen molar-refractivity contribution in [1.82, 2.24) is 9.97 Å². The molecule has 0 aliphatic heterocycles. The van der Waals surface area contributed by atoms with Gasteiger partial charge in [-0.3, -0.25) is 10.1 Å². The molecule has 0 saturated heterocycles. The maximum Gasteiger partial charge on any atom is 0.353 e. The molecule has 0 atom stereocenters. The first-order valence-corrected chi connectivity index (χ1v) is 8.59. The number of nitro groups is 1. The highest BCUT2D eigenvalue weighted by atomic mass is 35.5. The molecular weight excluding hydrogens is 366 g/mol. The van der Waals surface area contributed by atoms with Crippen molar-refractivity contribution in [3.8, 4) is 0 Å². The number of hydrogen-bond acceptors (Lipinski definition) is 6. The Morgan fingerprint density at radius 1 is 0.963 bits per heavy atom. The fraction of sp³-hybridized carbons (Fsp3) is 0.158. The Balaban J connectivity index is 2.00. The van der Waals surface area contributed by atoms with Crippen molar-refractivity contribution in [2.24, 2.45) is 0 Å². The molecule has 2 N–H and O–H groups in total. The molecule has 138 valence electrons. The molecule has 0 fully saturated rings. The van der Waals surface area contributed by atoms with Gasteiger partial charge in [0.1, 0.15) is 6.33 Å². The van der Waals surface area contributed by atoms with Crippen LogP contribution in [0.25, 0.3) is 0 Å². The lowest BCUT2D eigenvalue weighted by Crippen LogP contribution is -2.06. The molecule has 8 heteroatoms. The van der Waals surface area contributed by atoms with Gasteiger partial charge in [-0.2, -0.15) is 0 Å².